The lowest BCUT2D eigenvalue weighted by Crippen LogP contribution is -2.40. The van der Waals surface area contributed by atoms with Crippen molar-refractivity contribution in [3.05, 3.63) is 30.1 Å². The van der Waals surface area contributed by atoms with Crippen LogP contribution >= 0.6 is 11.8 Å². The van der Waals surface area contributed by atoms with Crippen LogP contribution in [0, 0.1) is 5.82 Å². The van der Waals surface area contributed by atoms with Crippen LogP contribution < -0.4 is 5.32 Å². The van der Waals surface area contributed by atoms with Gasteiger partial charge in [-0.05, 0) is 44.0 Å². The van der Waals surface area contributed by atoms with Gasteiger partial charge in [-0.2, -0.15) is 0 Å². The van der Waals surface area contributed by atoms with Crippen LogP contribution in [0.25, 0.3) is 0 Å². The van der Waals surface area contributed by atoms with Crippen molar-refractivity contribution in [3.8, 4) is 0 Å². The fourth-order valence-corrected chi connectivity index (χ4v) is 3.88. The molecule has 0 saturated heterocycles. The Balaban J connectivity index is 1.96. The topological polar surface area (TPSA) is 12.0 Å². The first-order chi connectivity index (χ1) is 8.79. The number of hydrogen-bond acceptors (Lipinski definition) is 2. The minimum Gasteiger partial charge on any atom is -0.313 e. The Kier molecular flexibility index (Phi) is 5.51. The lowest BCUT2D eigenvalue weighted by atomic mass is 9.95. The standard InChI is InChI=1S/C15H22FNS/c1-2-10-17-14-8-3-4-9-15(14)18-13-7-5-6-12(16)11-13/h5-7,11,14-15,17H,2-4,8-10H2,1H3. The van der Waals surface area contributed by atoms with Gasteiger partial charge in [-0.25, -0.2) is 4.39 Å². The molecule has 0 heterocycles. The Labute approximate surface area is 114 Å². The Hall–Kier alpha value is -0.540. The molecule has 1 aromatic carbocycles. The first-order valence-electron chi connectivity index (χ1n) is 6.95. The number of thioether (sulfide) groups is 1. The number of rotatable bonds is 5. The summed E-state index contributed by atoms with van der Waals surface area (Å²) in [6.45, 7) is 3.29. The van der Waals surface area contributed by atoms with Gasteiger partial charge in [0, 0.05) is 16.2 Å². The average Bonchev–Trinajstić information content (AvgIpc) is 2.38. The second-order valence-corrected chi connectivity index (χ2v) is 6.27. The van der Waals surface area contributed by atoms with Crippen LogP contribution in [0.3, 0.4) is 0 Å². The fraction of sp³-hybridized carbons (Fsp3) is 0.600. The Morgan fingerprint density at radius 2 is 2.17 bits per heavy atom. The van der Waals surface area contributed by atoms with Crippen molar-refractivity contribution in [2.45, 2.75) is 55.2 Å². The van der Waals surface area contributed by atoms with Crippen molar-refractivity contribution in [2.75, 3.05) is 6.54 Å². The predicted octanol–water partition coefficient (Wildman–Crippen LogP) is 4.23. The van der Waals surface area contributed by atoms with E-state index in [1.165, 1.54) is 38.2 Å². The molecule has 1 nitrogen and oxygen atoms in total. The summed E-state index contributed by atoms with van der Waals surface area (Å²) in [6.07, 6.45) is 6.29. The van der Waals surface area contributed by atoms with E-state index in [-0.39, 0.29) is 5.82 Å². The van der Waals surface area contributed by atoms with Crippen molar-refractivity contribution in [3.63, 3.8) is 0 Å². The zero-order valence-corrected chi connectivity index (χ0v) is 11.8. The first kappa shape index (κ1) is 13.9. The summed E-state index contributed by atoms with van der Waals surface area (Å²) in [7, 11) is 0. The maximum absolute atomic E-state index is 13.2. The van der Waals surface area contributed by atoms with E-state index in [1.54, 1.807) is 12.1 Å². The highest BCUT2D eigenvalue weighted by Gasteiger charge is 2.25. The van der Waals surface area contributed by atoms with Crippen LogP contribution in [-0.2, 0) is 0 Å². The van der Waals surface area contributed by atoms with E-state index in [2.05, 4.69) is 12.2 Å². The lowest BCUT2D eigenvalue weighted by Gasteiger charge is -2.32. The van der Waals surface area contributed by atoms with E-state index in [0.717, 1.165) is 11.4 Å². The molecule has 0 amide bonds. The number of benzene rings is 1. The highest BCUT2D eigenvalue weighted by molar-refractivity contribution is 8.00. The zero-order chi connectivity index (χ0) is 12.8. The molecule has 3 heteroatoms. The molecule has 0 spiro atoms. The third-order valence-electron chi connectivity index (χ3n) is 3.44. The van der Waals surface area contributed by atoms with Gasteiger partial charge in [0.25, 0.3) is 0 Å². The van der Waals surface area contributed by atoms with Gasteiger partial charge in [0.1, 0.15) is 5.82 Å². The summed E-state index contributed by atoms with van der Waals surface area (Å²) in [5.74, 6) is -0.131. The van der Waals surface area contributed by atoms with E-state index in [1.807, 2.05) is 17.8 Å². The summed E-state index contributed by atoms with van der Waals surface area (Å²) in [4.78, 5) is 1.06. The Bertz CT molecular complexity index is 369. The SMILES string of the molecule is CCCNC1CCCCC1Sc1cccc(F)c1. The van der Waals surface area contributed by atoms with Crippen molar-refractivity contribution >= 4 is 11.8 Å². The monoisotopic (exact) mass is 267 g/mol. The highest BCUT2D eigenvalue weighted by Crippen LogP contribution is 2.34. The Morgan fingerprint density at radius 3 is 2.94 bits per heavy atom. The van der Waals surface area contributed by atoms with Crippen molar-refractivity contribution in [2.24, 2.45) is 0 Å². The third kappa shape index (κ3) is 3.99. The van der Waals surface area contributed by atoms with Gasteiger partial charge < -0.3 is 5.32 Å². The summed E-state index contributed by atoms with van der Waals surface area (Å²) in [6, 6.07) is 7.56. The van der Waals surface area contributed by atoms with Gasteiger partial charge in [0.15, 0.2) is 0 Å². The van der Waals surface area contributed by atoms with Crippen molar-refractivity contribution in [1.29, 1.82) is 0 Å². The molecule has 1 fully saturated rings. The second-order valence-electron chi connectivity index (χ2n) is 4.96. The zero-order valence-electron chi connectivity index (χ0n) is 11.0. The molecule has 1 aliphatic carbocycles. The van der Waals surface area contributed by atoms with E-state index >= 15 is 0 Å². The second kappa shape index (κ2) is 7.15. The van der Waals surface area contributed by atoms with E-state index < -0.39 is 0 Å². The van der Waals surface area contributed by atoms with Crippen LogP contribution in [0.2, 0.25) is 0 Å². The van der Waals surface area contributed by atoms with Crippen molar-refractivity contribution < 1.29 is 4.39 Å². The van der Waals surface area contributed by atoms with Crippen LogP contribution in [0.15, 0.2) is 29.2 Å². The molecule has 2 rings (SSSR count). The molecule has 1 aliphatic rings. The Morgan fingerprint density at radius 1 is 1.33 bits per heavy atom. The van der Waals surface area contributed by atoms with Gasteiger partial charge in [0.2, 0.25) is 0 Å². The largest absolute Gasteiger partial charge is 0.313 e. The van der Waals surface area contributed by atoms with Gasteiger partial charge in [-0.15, -0.1) is 11.8 Å². The highest BCUT2D eigenvalue weighted by atomic mass is 32.2. The van der Waals surface area contributed by atoms with Crippen LogP contribution in [-0.4, -0.2) is 17.8 Å². The number of nitrogens with one attached hydrogen (secondary N) is 1. The van der Waals surface area contributed by atoms with Gasteiger partial charge in [0.05, 0.1) is 0 Å². The molecule has 1 saturated carbocycles. The van der Waals surface area contributed by atoms with Crippen LogP contribution in [0.5, 0.6) is 0 Å². The maximum Gasteiger partial charge on any atom is 0.124 e. The molecule has 0 aliphatic heterocycles. The average molecular weight is 267 g/mol. The number of hydrogen-bond donors (Lipinski definition) is 1. The van der Waals surface area contributed by atoms with E-state index in [9.17, 15) is 4.39 Å². The normalized spacial score (nSPS) is 24.1. The van der Waals surface area contributed by atoms with E-state index in [4.69, 9.17) is 0 Å². The summed E-state index contributed by atoms with van der Waals surface area (Å²) >= 11 is 1.83. The van der Waals surface area contributed by atoms with E-state index in [0.29, 0.717) is 11.3 Å². The molecular formula is C15H22FNS. The molecule has 2 unspecified atom stereocenters. The van der Waals surface area contributed by atoms with Gasteiger partial charge in [-0.3, -0.25) is 0 Å². The minimum absolute atomic E-state index is 0.131. The fourth-order valence-electron chi connectivity index (χ4n) is 2.52. The van der Waals surface area contributed by atoms with Crippen LogP contribution in [0.4, 0.5) is 4.39 Å². The van der Waals surface area contributed by atoms with Gasteiger partial charge in [-0.1, -0.05) is 25.8 Å². The molecule has 0 radical (unpaired) electrons. The lowest BCUT2D eigenvalue weighted by molar-refractivity contribution is 0.384. The first-order valence-corrected chi connectivity index (χ1v) is 7.83. The maximum atomic E-state index is 13.2. The smallest absolute Gasteiger partial charge is 0.124 e. The number of halogens is 1. The quantitative estimate of drug-likeness (QED) is 0.857. The molecule has 0 aromatic heterocycles. The van der Waals surface area contributed by atoms with Crippen LogP contribution in [0.1, 0.15) is 39.0 Å². The summed E-state index contributed by atoms with van der Waals surface area (Å²) < 4.78 is 13.2. The molecule has 18 heavy (non-hydrogen) atoms. The summed E-state index contributed by atoms with van der Waals surface area (Å²) in [5.41, 5.74) is 0. The predicted molar refractivity (Wildman–Crippen MR) is 76.6 cm³/mol. The molecule has 1 N–H and O–H groups in total. The molecule has 100 valence electrons. The van der Waals surface area contributed by atoms with Crippen molar-refractivity contribution in [1.82, 2.24) is 5.32 Å². The summed E-state index contributed by atoms with van der Waals surface area (Å²) in [5, 5.41) is 4.23. The third-order valence-corrected chi connectivity index (χ3v) is 4.84. The minimum atomic E-state index is -0.131. The molecule has 1 aromatic rings. The molecule has 2 atom stereocenters. The molecular weight excluding hydrogens is 245 g/mol. The molecule has 0 bridgehead atoms. The van der Waals surface area contributed by atoms with Gasteiger partial charge >= 0.3 is 0 Å².